The monoisotopic (exact) mass is 381 g/mol. The summed E-state index contributed by atoms with van der Waals surface area (Å²) in [4.78, 5) is 14.8. The van der Waals surface area contributed by atoms with Crippen LogP contribution in [-0.2, 0) is 7.05 Å². The van der Waals surface area contributed by atoms with Gasteiger partial charge < -0.3 is 14.6 Å². The van der Waals surface area contributed by atoms with E-state index >= 15 is 0 Å². The summed E-state index contributed by atoms with van der Waals surface area (Å²) in [5.41, 5.74) is 2.02. The van der Waals surface area contributed by atoms with Gasteiger partial charge in [0.05, 0.1) is 6.20 Å². The van der Waals surface area contributed by atoms with Crippen LogP contribution in [0.15, 0.2) is 47.2 Å². The lowest BCUT2D eigenvalue weighted by Crippen LogP contribution is -2.25. The normalized spacial score (nSPS) is 14.3. The van der Waals surface area contributed by atoms with Gasteiger partial charge in [-0.2, -0.15) is 5.10 Å². The third-order valence-corrected chi connectivity index (χ3v) is 4.72. The zero-order valence-corrected chi connectivity index (χ0v) is 15.8. The Morgan fingerprint density at radius 2 is 2.04 bits per heavy atom. The van der Waals surface area contributed by atoms with E-state index in [0.717, 1.165) is 17.9 Å². The Morgan fingerprint density at radius 1 is 1.25 bits per heavy atom. The van der Waals surface area contributed by atoms with Crippen LogP contribution < -0.4 is 10.1 Å². The summed E-state index contributed by atoms with van der Waals surface area (Å²) in [6.45, 7) is 3.95. The number of aromatic nitrogens is 3. The Kier molecular flexibility index (Phi) is 5.38. The average molecular weight is 381 g/mol. The number of nitrogens with one attached hydrogen (secondary N) is 1. The number of aryl methyl sites for hydroxylation is 1. The van der Waals surface area contributed by atoms with Gasteiger partial charge >= 0.3 is 0 Å². The molecule has 146 valence electrons. The van der Waals surface area contributed by atoms with Gasteiger partial charge in [-0.15, -0.1) is 0 Å². The van der Waals surface area contributed by atoms with Crippen molar-refractivity contribution < 1.29 is 14.1 Å². The molecule has 1 aliphatic rings. The minimum absolute atomic E-state index is 0.143. The lowest BCUT2D eigenvalue weighted by molar-refractivity contribution is 0.0988. The summed E-state index contributed by atoms with van der Waals surface area (Å²) < 4.78 is 12.6. The molecule has 8 nitrogen and oxygen atoms in total. The van der Waals surface area contributed by atoms with Crippen LogP contribution in [0.5, 0.6) is 5.75 Å². The van der Waals surface area contributed by atoms with Gasteiger partial charge in [0.2, 0.25) is 5.76 Å². The molecule has 2 aromatic heterocycles. The van der Waals surface area contributed by atoms with Crippen LogP contribution in [0, 0.1) is 0 Å². The number of amides is 1. The fraction of sp³-hybridized carbons (Fsp3) is 0.350. The van der Waals surface area contributed by atoms with Crippen molar-refractivity contribution in [3.63, 3.8) is 0 Å². The first kappa shape index (κ1) is 18.2. The first-order valence-corrected chi connectivity index (χ1v) is 9.40. The quantitative estimate of drug-likeness (QED) is 0.677. The van der Waals surface area contributed by atoms with E-state index in [9.17, 15) is 4.79 Å². The predicted molar refractivity (Wildman–Crippen MR) is 104 cm³/mol. The molecule has 1 aliphatic heterocycles. The fourth-order valence-corrected chi connectivity index (χ4v) is 3.20. The molecule has 3 aromatic rings. The van der Waals surface area contributed by atoms with Crippen molar-refractivity contribution in [1.82, 2.24) is 19.8 Å². The fourth-order valence-electron chi connectivity index (χ4n) is 3.20. The van der Waals surface area contributed by atoms with Crippen LogP contribution in [-0.4, -0.2) is 52.0 Å². The predicted octanol–water partition coefficient (Wildman–Crippen LogP) is 2.80. The van der Waals surface area contributed by atoms with Crippen molar-refractivity contribution in [2.75, 3.05) is 31.6 Å². The number of nitrogens with zero attached hydrogens (tertiary/aromatic N) is 4. The number of carbonyl (C=O) groups excluding carboxylic acids is 1. The standard InChI is InChI=1S/C20H23N5O3/c1-24-14-15(13-21-24)18-12-19(28-23-18)20(26)22-16-4-6-17(7-5-16)27-11-10-25-8-2-3-9-25/h4-7,12-14H,2-3,8-11H2,1H3,(H,22,26). The summed E-state index contributed by atoms with van der Waals surface area (Å²) >= 11 is 0. The number of benzene rings is 1. The van der Waals surface area contributed by atoms with Crippen molar-refractivity contribution >= 4 is 11.6 Å². The van der Waals surface area contributed by atoms with Crippen molar-refractivity contribution in [3.05, 3.63) is 48.5 Å². The van der Waals surface area contributed by atoms with Gasteiger partial charge in [0.25, 0.3) is 5.91 Å². The topological polar surface area (TPSA) is 85.4 Å². The lowest BCUT2D eigenvalue weighted by Gasteiger charge is -2.15. The molecule has 1 aromatic carbocycles. The summed E-state index contributed by atoms with van der Waals surface area (Å²) in [6, 6.07) is 8.91. The number of likely N-dealkylation sites (tertiary alicyclic amines) is 1. The lowest BCUT2D eigenvalue weighted by atomic mass is 10.2. The molecule has 0 bridgehead atoms. The highest BCUT2D eigenvalue weighted by Gasteiger charge is 2.15. The molecule has 1 N–H and O–H groups in total. The molecule has 3 heterocycles. The zero-order valence-electron chi connectivity index (χ0n) is 15.8. The molecule has 1 amide bonds. The minimum Gasteiger partial charge on any atom is -0.492 e. The smallest absolute Gasteiger partial charge is 0.294 e. The maximum Gasteiger partial charge on any atom is 0.294 e. The number of ether oxygens (including phenoxy) is 1. The van der Waals surface area contributed by atoms with E-state index in [-0.39, 0.29) is 11.7 Å². The molecule has 0 saturated carbocycles. The number of hydrogen-bond donors (Lipinski definition) is 1. The van der Waals surface area contributed by atoms with Crippen LogP contribution in [0.3, 0.4) is 0 Å². The molecular formula is C20H23N5O3. The maximum absolute atomic E-state index is 12.4. The van der Waals surface area contributed by atoms with Gasteiger partial charge in [0, 0.05) is 37.1 Å². The summed E-state index contributed by atoms with van der Waals surface area (Å²) in [6.07, 6.45) is 6.04. The molecule has 0 radical (unpaired) electrons. The minimum atomic E-state index is -0.356. The van der Waals surface area contributed by atoms with Crippen molar-refractivity contribution in [2.45, 2.75) is 12.8 Å². The van der Waals surface area contributed by atoms with E-state index in [1.54, 1.807) is 16.9 Å². The molecule has 1 fully saturated rings. The third-order valence-electron chi connectivity index (χ3n) is 4.72. The third kappa shape index (κ3) is 4.40. The number of rotatable bonds is 7. The summed E-state index contributed by atoms with van der Waals surface area (Å²) in [5, 5.41) is 10.8. The van der Waals surface area contributed by atoms with Gasteiger partial charge in [-0.3, -0.25) is 14.4 Å². The van der Waals surface area contributed by atoms with Crippen molar-refractivity contribution in [1.29, 1.82) is 0 Å². The van der Waals surface area contributed by atoms with Crippen LogP contribution in [0.25, 0.3) is 11.3 Å². The number of carbonyl (C=O) groups is 1. The number of anilines is 1. The molecule has 0 atom stereocenters. The molecular weight excluding hydrogens is 358 g/mol. The molecule has 4 rings (SSSR count). The van der Waals surface area contributed by atoms with Gasteiger partial charge in [-0.25, -0.2) is 0 Å². The van der Waals surface area contributed by atoms with Crippen LogP contribution >= 0.6 is 0 Å². The van der Waals surface area contributed by atoms with Crippen molar-refractivity contribution in [3.8, 4) is 17.0 Å². The van der Waals surface area contributed by atoms with Gasteiger partial charge in [0.1, 0.15) is 18.1 Å². The molecule has 0 unspecified atom stereocenters. The van der Waals surface area contributed by atoms with E-state index in [1.165, 1.54) is 25.9 Å². The van der Waals surface area contributed by atoms with Gasteiger partial charge in [-0.05, 0) is 50.2 Å². The Bertz CT molecular complexity index is 925. The van der Waals surface area contributed by atoms with Crippen molar-refractivity contribution in [2.24, 2.45) is 7.05 Å². The largest absolute Gasteiger partial charge is 0.492 e. The highest BCUT2D eigenvalue weighted by Crippen LogP contribution is 2.20. The summed E-state index contributed by atoms with van der Waals surface area (Å²) in [5.74, 6) is 0.575. The average Bonchev–Trinajstić information content (AvgIpc) is 3.44. The Hall–Kier alpha value is -3.13. The van der Waals surface area contributed by atoms with Crippen LogP contribution in [0.1, 0.15) is 23.4 Å². The number of hydrogen-bond acceptors (Lipinski definition) is 6. The molecule has 0 aliphatic carbocycles. The van der Waals surface area contributed by atoms with Crippen LogP contribution in [0.4, 0.5) is 5.69 Å². The summed E-state index contributed by atoms with van der Waals surface area (Å²) in [7, 11) is 1.82. The highest BCUT2D eigenvalue weighted by atomic mass is 16.5. The molecule has 1 saturated heterocycles. The maximum atomic E-state index is 12.4. The van der Waals surface area contributed by atoms with E-state index < -0.39 is 0 Å². The second-order valence-corrected chi connectivity index (χ2v) is 6.85. The molecule has 0 spiro atoms. The van der Waals surface area contributed by atoms with Gasteiger partial charge in [0.15, 0.2) is 0 Å². The SMILES string of the molecule is Cn1cc(-c2cc(C(=O)Nc3ccc(OCCN4CCCC4)cc3)on2)cn1. The van der Waals surface area contributed by atoms with Gasteiger partial charge in [-0.1, -0.05) is 5.16 Å². The Morgan fingerprint density at radius 3 is 2.75 bits per heavy atom. The van der Waals surface area contributed by atoms with E-state index in [4.69, 9.17) is 9.26 Å². The zero-order chi connectivity index (χ0) is 19.3. The first-order valence-electron chi connectivity index (χ1n) is 9.40. The molecule has 8 heteroatoms. The highest BCUT2D eigenvalue weighted by molar-refractivity contribution is 6.02. The second-order valence-electron chi connectivity index (χ2n) is 6.85. The van der Waals surface area contributed by atoms with E-state index in [2.05, 4.69) is 20.5 Å². The molecule has 28 heavy (non-hydrogen) atoms. The van der Waals surface area contributed by atoms with E-state index in [0.29, 0.717) is 18.0 Å². The van der Waals surface area contributed by atoms with E-state index in [1.807, 2.05) is 37.5 Å². The Balaban J connectivity index is 1.30. The second kappa shape index (κ2) is 8.26. The Labute approximate surface area is 163 Å². The first-order chi connectivity index (χ1) is 13.7. The van der Waals surface area contributed by atoms with Crippen LogP contribution in [0.2, 0.25) is 0 Å².